The van der Waals surface area contributed by atoms with Gasteiger partial charge in [-0.25, -0.2) is 4.39 Å². The lowest BCUT2D eigenvalue weighted by Crippen LogP contribution is -2.52. The van der Waals surface area contributed by atoms with Gasteiger partial charge in [-0.3, -0.25) is 9.59 Å². The minimum Gasteiger partial charge on any atom is -0.497 e. The molecule has 0 radical (unpaired) electrons. The number of anilines is 1. The Morgan fingerprint density at radius 1 is 0.974 bits per heavy atom. The molecule has 2 fully saturated rings. The molecule has 1 saturated heterocycles. The van der Waals surface area contributed by atoms with E-state index in [0.29, 0.717) is 55.8 Å². The Kier molecular flexibility index (Phi) is 7.90. The van der Waals surface area contributed by atoms with Crippen molar-refractivity contribution in [3.8, 4) is 22.8 Å². The molecule has 3 aromatic rings. The zero-order valence-electron chi connectivity index (χ0n) is 22.2. The lowest BCUT2D eigenvalue weighted by atomic mass is 10.1. The Hall–Kier alpha value is -4.21. The monoisotopic (exact) mass is 533 g/mol. The molecule has 1 aliphatic carbocycles. The molecule has 0 spiro atoms. The third-order valence-electron chi connectivity index (χ3n) is 7.15. The quantitative estimate of drug-likeness (QED) is 0.416. The van der Waals surface area contributed by atoms with Gasteiger partial charge >= 0.3 is 0 Å². The molecule has 9 nitrogen and oxygen atoms in total. The van der Waals surface area contributed by atoms with Crippen LogP contribution in [0.3, 0.4) is 0 Å². The summed E-state index contributed by atoms with van der Waals surface area (Å²) < 4.78 is 24.4. The first-order valence-corrected chi connectivity index (χ1v) is 13.1. The molecular formula is C29H32FN5O4. The van der Waals surface area contributed by atoms with E-state index in [2.05, 4.69) is 15.1 Å². The van der Waals surface area contributed by atoms with Crippen molar-refractivity contribution in [2.45, 2.75) is 12.8 Å². The van der Waals surface area contributed by atoms with Crippen LogP contribution >= 0.6 is 0 Å². The Morgan fingerprint density at radius 2 is 1.77 bits per heavy atom. The van der Waals surface area contributed by atoms with E-state index in [1.165, 1.54) is 18.2 Å². The van der Waals surface area contributed by atoms with E-state index in [9.17, 15) is 14.0 Å². The van der Waals surface area contributed by atoms with Crippen molar-refractivity contribution in [3.63, 3.8) is 0 Å². The summed E-state index contributed by atoms with van der Waals surface area (Å²) in [6.07, 6.45) is 2.09. The molecule has 0 N–H and O–H groups in total. The van der Waals surface area contributed by atoms with E-state index in [1.54, 1.807) is 36.2 Å². The highest BCUT2D eigenvalue weighted by Gasteiger charge is 2.31. The maximum absolute atomic E-state index is 13.7. The second-order valence-corrected chi connectivity index (χ2v) is 9.85. The summed E-state index contributed by atoms with van der Waals surface area (Å²) in [7, 11) is 3.20. The van der Waals surface area contributed by atoms with Crippen molar-refractivity contribution in [1.29, 1.82) is 0 Å². The molecule has 0 bridgehead atoms. The zero-order valence-corrected chi connectivity index (χ0v) is 22.2. The molecule has 1 aromatic heterocycles. The second kappa shape index (κ2) is 11.7. The number of benzene rings is 2. The van der Waals surface area contributed by atoms with Crippen LogP contribution in [0.1, 0.15) is 23.2 Å². The van der Waals surface area contributed by atoms with Crippen LogP contribution < -0.4 is 14.4 Å². The van der Waals surface area contributed by atoms with Crippen molar-refractivity contribution >= 4 is 17.6 Å². The summed E-state index contributed by atoms with van der Waals surface area (Å²) >= 11 is 0. The Balaban J connectivity index is 1.19. The van der Waals surface area contributed by atoms with Gasteiger partial charge in [0.1, 0.15) is 23.9 Å². The molecule has 2 aromatic carbocycles. The predicted octanol–water partition coefficient (Wildman–Crippen LogP) is 3.50. The van der Waals surface area contributed by atoms with Crippen LogP contribution in [0.4, 0.5) is 10.2 Å². The average Bonchev–Trinajstić information content (AvgIpc) is 3.80. The van der Waals surface area contributed by atoms with Crippen LogP contribution in [-0.4, -0.2) is 85.3 Å². The molecule has 10 heteroatoms. The van der Waals surface area contributed by atoms with E-state index in [4.69, 9.17) is 9.47 Å². The van der Waals surface area contributed by atoms with Crippen molar-refractivity contribution in [3.05, 3.63) is 66.0 Å². The molecule has 1 aliphatic heterocycles. The van der Waals surface area contributed by atoms with E-state index in [-0.39, 0.29) is 23.9 Å². The third kappa shape index (κ3) is 6.27. The first kappa shape index (κ1) is 26.4. The molecule has 1 saturated carbocycles. The largest absolute Gasteiger partial charge is 0.497 e. The molecule has 0 unspecified atom stereocenters. The molecule has 0 atom stereocenters. The predicted molar refractivity (Wildman–Crippen MR) is 144 cm³/mol. The van der Waals surface area contributed by atoms with Crippen molar-refractivity contribution in [1.82, 2.24) is 20.0 Å². The van der Waals surface area contributed by atoms with Gasteiger partial charge in [0.2, 0.25) is 5.91 Å². The minimum atomic E-state index is -0.464. The number of halogens is 1. The number of carbonyl (C=O) groups is 2. The lowest BCUT2D eigenvalue weighted by molar-refractivity contribution is -0.132. The summed E-state index contributed by atoms with van der Waals surface area (Å²) in [5.41, 5.74) is 1.77. The van der Waals surface area contributed by atoms with Gasteiger partial charge < -0.3 is 24.2 Å². The van der Waals surface area contributed by atoms with Gasteiger partial charge in [-0.1, -0.05) is 6.07 Å². The average molecular weight is 534 g/mol. The Bertz CT molecular complexity index is 1320. The van der Waals surface area contributed by atoms with Gasteiger partial charge in [0.25, 0.3) is 5.91 Å². The number of hydrogen-bond acceptors (Lipinski definition) is 7. The summed E-state index contributed by atoms with van der Waals surface area (Å²) in [6.45, 7) is 2.74. The van der Waals surface area contributed by atoms with Crippen molar-refractivity contribution in [2.24, 2.45) is 5.92 Å². The zero-order chi connectivity index (χ0) is 27.4. The van der Waals surface area contributed by atoms with Crippen LogP contribution in [0.5, 0.6) is 11.5 Å². The number of aromatic nitrogens is 2. The normalized spacial score (nSPS) is 15.2. The van der Waals surface area contributed by atoms with Gasteiger partial charge in [-0.15, -0.1) is 10.2 Å². The highest BCUT2D eigenvalue weighted by atomic mass is 19.1. The summed E-state index contributed by atoms with van der Waals surface area (Å²) in [5, 5.41) is 8.83. The molecular weight excluding hydrogens is 501 g/mol. The first-order valence-electron chi connectivity index (χ1n) is 13.1. The number of ether oxygens (including phenoxy) is 2. The highest BCUT2D eigenvalue weighted by Crippen LogP contribution is 2.32. The Labute approximate surface area is 227 Å². The number of carbonyl (C=O) groups excluding carboxylic acids is 2. The van der Waals surface area contributed by atoms with Crippen molar-refractivity contribution in [2.75, 3.05) is 58.4 Å². The summed E-state index contributed by atoms with van der Waals surface area (Å²) in [4.78, 5) is 31.7. The third-order valence-corrected chi connectivity index (χ3v) is 7.15. The maximum atomic E-state index is 13.7. The van der Waals surface area contributed by atoms with Gasteiger partial charge in [0.15, 0.2) is 5.82 Å². The van der Waals surface area contributed by atoms with E-state index in [0.717, 1.165) is 24.2 Å². The van der Waals surface area contributed by atoms with E-state index < -0.39 is 5.82 Å². The fraction of sp³-hybridized carbons (Fsp3) is 0.379. The van der Waals surface area contributed by atoms with Crippen LogP contribution in [0.15, 0.2) is 54.6 Å². The molecule has 2 heterocycles. The highest BCUT2D eigenvalue weighted by molar-refractivity contribution is 5.96. The molecule has 5 rings (SSSR count). The van der Waals surface area contributed by atoms with Gasteiger partial charge in [0.05, 0.1) is 19.9 Å². The SMILES string of the molecule is COc1ccc(-c2ccc(N3CCN(C(=O)CN(CC4CC4)C(=O)c4cccc(F)c4)CC3)nn2)c(OC)c1. The van der Waals surface area contributed by atoms with Crippen LogP contribution in [0, 0.1) is 11.7 Å². The lowest BCUT2D eigenvalue weighted by Gasteiger charge is -2.36. The maximum Gasteiger partial charge on any atom is 0.254 e. The fourth-order valence-electron chi connectivity index (χ4n) is 4.73. The van der Waals surface area contributed by atoms with Crippen LogP contribution in [-0.2, 0) is 4.79 Å². The number of piperazine rings is 1. The van der Waals surface area contributed by atoms with E-state index >= 15 is 0 Å². The standard InChI is InChI=1S/C29H32FN5O4/c1-38-23-8-9-24(26(17-23)39-2)25-10-11-27(32-31-25)33-12-14-34(15-13-33)28(36)19-35(18-20-6-7-20)29(37)21-4-3-5-22(30)16-21/h3-5,8-11,16-17,20H,6-7,12-15,18-19H2,1-2H3. The molecule has 2 aliphatic rings. The smallest absolute Gasteiger partial charge is 0.254 e. The second-order valence-electron chi connectivity index (χ2n) is 9.85. The fourth-order valence-corrected chi connectivity index (χ4v) is 4.73. The van der Waals surface area contributed by atoms with Crippen molar-refractivity contribution < 1.29 is 23.5 Å². The summed E-state index contributed by atoms with van der Waals surface area (Å²) in [6, 6.07) is 15.0. The summed E-state index contributed by atoms with van der Waals surface area (Å²) in [5.74, 6) is 1.61. The Morgan fingerprint density at radius 3 is 2.41 bits per heavy atom. The topological polar surface area (TPSA) is 88.1 Å². The van der Waals surface area contributed by atoms with Gasteiger partial charge in [-0.2, -0.15) is 0 Å². The van der Waals surface area contributed by atoms with Crippen LogP contribution in [0.2, 0.25) is 0 Å². The van der Waals surface area contributed by atoms with E-state index in [1.807, 2.05) is 24.3 Å². The van der Waals surface area contributed by atoms with Gasteiger partial charge in [0, 0.05) is 49.9 Å². The van der Waals surface area contributed by atoms with Crippen LogP contribution in [0.25, 0.3) is 11.3 Å². The number of nitrogens with zero attached hydrogens (tertiary/aromatic N) is 5. The number of methoxy groups -OCH3 is 2. The number of amides is 2. The molecule has 39 heavy (non-hydrogen) atoms. The number of hydrogen-bond donors (Lipinski definition) is 0. The van der Waals surface area contributed by atoms with Gasteiger partial charge in [-0.05, 0) is 61.2 Å². The first-order chi connectivity index (χ1) is 18.9. The molecule has 204 valence electrons. The number of rotatable bonds is 9. The minimum absolute atomic E-state index is 0.00988. The molecule has 2 amide bonds.